The molecule has 0 spiro atoms. The lowest BCUT2D eigenvalue weighted by Gasteiger charge is -2.16. The zero-order valence-electron chi connectivity index (χ0n) is 15.8. The SMILES string of the molecule is CCCCCCCCCc1c(O)ccc(CC)c1CCCCC. The smallest absolute Gasteiger partial charge is 0.119 e. The molecule has 1 heteroatoms. The van der Waals surface area contributed by atoms with Crippen molar-refractivity contribution < 1.29 is 5.11 Å². The summed E-state index contributed by atoms with van der Waals surface area (Å²) in [5, 5.41) is 10.3. The Kier molecular flexibility index (Phi) is 10.9. The first-order chi connectivity index (χ1) is 11.2. The van der Waals surface area contributed by atoms with Crippen LogP contribution in [0.3, 0.4) is 0 Å². The van der Waals surface area contributed by atoms with Crippen LogP contribution < -0.4 is 0 Å². The highest BCUT2D eigenvalue weighted by atomic mass is 16.3. The van der Waals surface area contributed by atoms with Gasteiger partial charge in [0.25, 0.3) is 0 Å². The maximum absolute atomic E-state index is 10.3. The molecule has 1 N–H and O–H groups in total. The summed E-state index contributed by atoms with van der Waals surface area (Å²) >= 11 is 0. The third-order valence-electron chi connectivity index (χ3n) is 4.95. The second kappa shape index (κ2) is 12.4. The average molecular weight is 319 g/mol. The Balaban J connectivity index is 2.57. The first-order valence-corrected chi connectivity index (χ1v) is 10.1. The van der Waals surface area contributed by atoms with Crippen LogP contribution >= 0.6 is 0 Å². The van der Waals surface area contributed by atoms with Crippen molar-refractivity contribution in [1.82, 2.24) is 0 Å². The fourth-order valence-electron chi connectivity index (χ4n) is 3.46. The van der Waals surface area contributed by atoms with Crippen molar-refractivity contribution in [2.24, 2.45) is 0 Å². The number of rotatable bonds is 13. The largest absolute Gasteiger partial charge is 0.508 e. The number of phenolic OH excluding ortho intramolecular Hbond substituents is 1. The van der Waals surface area contributed by atoms with Gasteiger partial charge in [-0.15, -0.1) is 0 Å². The number of phenols is 1. The van der Waals surface area contributed by atoms with Gasteiger partial charge < -0.3 is 5.11 Å². The molecule has 0 unspecified atom stereocenters. The number of aromatic hydroxyl groups is 1. The lowest BCUT2D eigenvalue weighted by atomic mass is 9.91. The predicted molar refractivity (Wildman–Crippen MR) is 102 cm³/mol. The minimum Gasteiger partial charge on any atom is -0.508 e. The van der Waals surface area contributed by atoms with Gasteiger partial charge in [0, 0.05) is 0 Å². The van der Waals surface area contributed by atoms with Gasteiger partial charge in [-0.25, -0.2) is 0 Å². The molecule has 0 aliphatic heterocycles. The van der Waals surface area contributed by atoms with E-state index in [9.17, 15) is 5.11 Å². The summed E-state index contributed by atoms with van der Waals surface area (Å²) in [5.41, 5.74) is 4.14. The fraction of sp³-hybridized carbons (Fsp3) is 0.727. The number of unbranched alkanes of at least 4 members (excludes halogenated alkanes) is 8. The third-order valence-corrected chi connectivity index (χ3v) is 4.95. The van der Waals surface area contributed by atoms with Crippen LogP contribution in [0, 0.1) is 0 Å². The van der Waals surface area contributed by atoms with Crippen LogP contribution in [0.15, 0.2) is 12.1 Å². The Hall–Kier alpha value is -0.980. The monoisotopic (exact) mass is 318 g/mol. The summed E-state index contributed by atoms with van der Waals surface area (Å²) in [6, 6.07) is 4.05. The Labute approximate surface area is 144 Å². The summed E-state index contributed by atoms with van der Waals surface area (Å²) in [6.45, 7) is 6.75. The normalized spacial score (nSPS) is 11.1. The van der Waals surface area contributed by atoms with E-state index in [0.29, 0.717) is 5.75 Å². The molecule has 0 saturated carbocycles. The number of benzene rings is 1. The molecule has 1 aromatic rings. The van der Waals surface area contributed by atoms with Gasteiger partial charge >= 0.3 is 0 Å². The van der Waals surface area contributed by atoms with Crippen LogP contribution in [0.25, 0.3) is 0 Å². The van der Waals surface area contributed by atoms with Gasteiger partial charge in [0.15, 0.2) is 0 Å². The first-order valence-electron chi connectivity index (χ1n) is 10.1. The first kappa shape index (κ1) is 20.1. The van der Waals surface area contributed by atoms with E-state index in [2.05, 4.69) is 26.8 Å². The molecule has 0 amide bonds. The van der Waals surface area contributed by atoms with E-state index in [1.54, 1.807) is 0 Å². The van der Waals surface area contributed by atoms with Gasteiger partial charge in [0.05, 0.1) is 0 Å². The summed E-state index contributed by atoms with van der Waals surface area (Å²) in [6.07, 6.45) is 16.4. The molecule has 1 aromatic carbocycles. The van der Waals surface area contributed by atoms with Gasteiger partial charge in [-0.1, -0.05) is 78.2 Å². The van der Waals surface area contributed by atoms with Crippen LogP contribution in [0.1, 0.15) is 102 Å². The lowest BCUT2D eigenvalue weighted by Crippen LogP contribution is -2.01. The van der Waals surface area contributed by atoms with Crippen molar-refractivity contribution in [3.8, 4) is 5.75 Å². The minimum absolute atomic E-state index is 0.527. The van der Waals surface area contributed by atoms with Gasteiger partial charge in [-0.2, -0.15) is 0 Å². The molecule has 132 valence electrons. The summed E-state index contributed by atoms with van der Waals surface area (Å²) < 4.78 is 0. The fourth-order valence-corrected chi connectivity index (χ4v) is 3.46. The van der Waals surface area contributed by atoms with Crippen LogP contribution in [0.2, 0.25) is 0 Å². The Morgan fingerprint density at radius 1 is 0.652 bits per heavy atom. The van der Waals surface area contributed by atoms with Gasteiger partial charge in [0.1, 0.15) is 5.75 Å². The second-order valence-corrected chi connectivity index (χ2v) is 6.88. The molecule has 0 saturated heterocycles. The topological polar surface area (TPSA) is 20.2 Å². The maximum atomic E-state index is 10.3. The minimum atomic E-state index is 0.527. The lowest BCUT2D eigenvalue weighted by molar-refractivity contribution is 0.463. The average Bonchev–Trinajstić information content (AvgIpc) is 2.56. The molecule has 0 aromatic heterocycles. The van der Waals surface area contributed by atoms with Crippen molar-refractivity contribution >= 4 is 0 Å². The second-order valence-electron chi connectivity index (χ2n) is 6.88. The van der Waals surface area contributed by atoms with Crippen LogP contribution in [-0.2, 0) is 19.3 Å². The van der Waals surface area contributed by atoms with Crippen molar-refractivity contribution in [3.63, 3.8) is 0 Å². The molecule has 0 bridgehead atoms. The van der Waals surface area contributed by atoms with E-state index < -0.39 is 0 Å². The van der Waals surface area contributed by atoms with Crippen molar-refractivity contribution in [1.29, 1.82) is 0 Å². The highest BCUT2D eigenvalue weighted by Gasteiger charge is 2.11. The zero-order chi connectivity index (χ0) is 16.9. The Morgan fingerprint density at radius 2 is 1.17 bits per heavy atom. The quantitative estimate of drug-likeness (QED) is 0.389. The van der Waals surface area contributed by atoms with Crippen LogP contribution in [0.4, 0.5) is 0 Å². The molecule has 0 fully saturated rings. The zero-order valence-corrected chi connectivity index (χ0v) is 15.8. The van der Waals surface area contributed by atoms with E-state index in [4.69, 9.17) is 0 Å². The van der Waals surface area contributed by atoms with E-state index in [0.717, 1.165) is 19.3 Å². The van der Waals surface area contributed by atoms with E-state index in [1.165, 1.54) is 80.9 Å². The number of hydrogen-bond acceptors (Lipinski definition) is 1. The molecule has 0 aliphatic rings. The van der Waals surface area contributed by atoms with Crippen LogP contribution in [0.5, 0.6) is 5.75 Å². The molecule has 0 aliphatic carbocycles. The van der Waals surface area contributed by atoms with Crippen molar-refractivity contribution in [2.45, 2.75) is 104 Å². The Bertz CT molecular complexity index is 422. The maximum Gasteiger partial charge on any atom is 0.119 e. The predicted octanol–water partition coefficient (Wildman–Crippen LogP) is 6.98. The van der Waals surface area contributed by atoms with E-state index >= 15 is 0 Å². The number of aryl methyl sites for hydroxylation is 1. The highest BCUT2D eigenvalue weighted by molar-refractivity contribution is 5.44. The molecule has 0 radical (unpaired) electrons. The van der Waals surface area contributed by atoms with Gasteiger partial charge in [0.2, 0.25) is 0 Å². The molecule has 0 heterocycles. The molecule has 1 rings (SSSR count). The van der Waals surface area contributed by atoms with Gasteiger partial charge in [-0.05, 0) is 54.9 Å². The standard InChI is InChI=1S/C22H38O/c1-4-7-9-10-11-12-14-16-21-20(15-13-8-5-2)19(6-3)17-18-22(21)23/h17-18,23H,4-16H2,1-3H3. The van der Waals surface area contributed by atoms with Gasteiger partial charge in [-0.3, -0.25) is 0 Å². The van der Waals surface area contributed by atoms with Crippen molar-refractivity contribution in [3.05, 3.63) is 28.8 Å². The summed E-state index contributed by atoms with van der Waals surface area (Å²) in [7, 11) is 0. The molecule has 0 atom stereocenters. The number of hydrogen-bond donors (Lipinski definition) is 1. The molecule has 23 heavy (non-hydrogen) atoms. The van der Waals surface area contributed by atoms with Crippen LogP contribution in [-0.4, -0.2) is 5.11 Å². The molecular weight excluding hydrogens is 280 g/mol. The summed E-state index contributed by atoms with van der Waals surface area (Å²) in [4.78, 5) is 0. The van der Waals surface area contributed by atoms with E-state index in [-0.39, 0.29) is 0 Å². The summed E-state index contributed by atoms with van der Waals surface area (Å²) in [5.74, 6) is 0.527. The highest BCUT2D eigenvalue weighted by Crippen LogP contribution is 2.29. The molecular formula is C22H38O. The van der Waals surface area contributed by atoms with E-state index in [1.807, 2.05) is 6.07 Å². The third kappa shape index (κ3) is 7.42. The van der Waals surface area contributed by atoms with Crippen molar-refractivity contribution in [2.75, 3.05) is 0 Å². The molecule has 1 nitrogen and oxygen atoms in total. The Morgan fingerprint density at radius 3 is 1.83 bits per heavy atom.